The van der Waals surface area contributed by atoms with Gasteiger partial charge in [0.15, 0.2) is 14.1 Å². The standard InChI is InChI=1S/C21H38O7Si/c1-11-12-15(28-29(9,10)20(2,3)4)18-17(26-21(5,6)27-18)14(19(23)25-8)13-16(22)24-7/h13,15,17-18H,11-12H2,1-10H3/b14-13-/t15-,17-,18-/m0/s1. The van der Waals surface area contributed by atoms with Crippen LogP contribution in [0.3, 0.4) is 0 Å². The highest BCUT2D eigenvalue weighted by Crippen LogP contribution is 2.41. The molecule has 1 aliphatic heterocycles. The van der Waals surface area contributed by atoms with E-state index in [2.05, 4.69) is 40.8 Å². The van der Waals surface area contributed by atoms with E-state index in [0.29, 0.717) is 0 Å². The van der Waals surface area contributed by atoms with Crippen molar-refractivity contribution in [2.75, 3.05) is 14.2 Å². The Morgan fingerprint density at radius 2 is 1.72 bits per heavy atom. The third kappa shape index (κ3) is 6.63. The molecule has 1 aliphatic rings. The van der Waals surface area contributed by atoms with Gasteiger partial charge in [-0.3, -0.25) is 0 Å². The lowest BCUT2D eigenvalue weighted by Crippen LogP contribution is -2.50. The molecule has 0 unspecified atom stereocenters. The predicted octanol–water partition coefficient (Wildman–Crippen LogP) is 3.97. The zero-order chi connectivity index (χ0) is 22.6. The van der Waals surface area contributed by atoms with Crippen molar-refractivity contribution < 1.29 is 33.0 Å². The summed E-state index contributed by atoms with van der Waals surface area (Å²) in [5, 5.41) is 0.0104. The summed E-state index contributed by atoms with van der Waals surface area (Å²) in [6, 6.07) is 0. The normalized spacial score (nSPS) is 23.6. The Hall–Kier alpha value is -1.22. The van der Waals surface area contributed by atoms with Crippen molar-refractivity contribution in [3.63, 3.8) is 0 Å². The Morgan fingerprint density at radius 3 is 2.17 bits per heavy atom. The highest BCUT2D eigenvalue weighted by atomic mass is 28.4. The van der Waals surface area contributed by atoms with Crippen molar-refractivity contribution >= 4 is 20.3 Å². The van der Waals surface area contributed by atoms with Crippen molar-refractivity contribution in [3.05, 3.63) is 11.6 Å². The fourth-order valence-corrected chi connectivity index (χ4v) is 4.35. The topological polar surface area (TPSA) is 80.3 Å². The summed E-state index contributed by atoms with van der Waals surface area (Å²) < 4.78 is 28.5. The maximum atomic E-state index is 12.5. The highest BCUT2D eigenvalue weighted by Gasteiger charge is 2.51. The number of hydrogen-bond acceptors (Lipinski definition) is 7. The lowest BCUT2D eigenvalue weighted by molar-refractivity contribution is -0.154. The zero-order valence-electron chi connectivity index (χ0n) is 19.6. The number of hydrogen-bond donors (Lipinski definition) is 0. The first-order valence-corrected chi connectivity index (χ1v) is 13.0. The second-order valence-corrected chi connectivity index (χ2v) is 14.1. The van der Waals surface area contributed by atoms with Crippen LogP contribution in [0.1, 0.15) is 54.4 Å². The zero-order valence-corrected chi connectivity index (χ0v) is 20.6. The van der Waals surface area contributed by atoms with E-state index in [1.54, 1.807) is 13.8 Å². The molecule has 1 fully saturated rings. The molecule has 0 radical (unpaired) electrons. The summed E-state index contributed by atoms with van der Waals surface area (Å²) in [6.45, 7) is 16.5. The number of esters is 2. The van der Waals surface area contributed by atoms with Gasteiger partial charge in [0.05, 0.1) is 25.9 Å². The first kappa shape index (κ1) is 25.8. The number of ether oxygens (including phenoxy) is 4. The molecule has 0 N–H and O–H groups in total. The molecule has 1 rings (SSSR count). The van der Waals surface area contributed by atoms with E-state index in [1.807, 2.05) is 0 Å². The van der Waals surface area contributed by atoms with Gasteiger partial charge in [0.2, 0.25) is 0 Å². The Labute approximate surface area is 176 Å². The van der Waals surface area contributed by atoms with Crippen LogP contribution in [-0.2, 0) is 33.0 Å². The summed E-state index contributed by atoms with van der Waals surface area (Å²) in [4.78, 5) is 24.4. The quantitative estimate of drug-likeness (QED) is 0.327. The van der Waals surface area contributed by atoms with Crippen LogP contribution in [0.5, 0.6) is 0 Å². The highest BCUT2D eigenvalue weighted by molar-refractivity contribution is 6.74. The van der Waals surface area contributed by atoms with Gasteiger partial charge in [-0.1, -0.05) is 34.1 Å². The molecule has 7 nitrogen and oxygen atoms in total. The first-order chi connectivity index (χ1) is 13.2. The van der Waals surface area contributed by atoms with Crippen LogP contribution in [0, 0.1) is 0 Å². The minimum atomic E-state index is -2.12. The molecule has 0 aliphatic carbocycles. The van der Waals surface area contributed by atoms with E-state index in [1.165, 1.54) is 14.2 Å². The molecule has 8 heteroatoms. The van der Waals surface area contributed by atoms with Crippen LogP contribution >= 0.6 is 0 Å². The van der Waals surface area contributed by atoms with E-state index in [-0.39, 0.29) is 16.7 Å². The van der Waals surface area contributed by atoms with E-state index in [9.17, 15) is 9.59 Å². The van der Waals surface area contributed by atoms with Crippen LogP contribution in [0.4, 0.5) is 0 Å². The van der Waals surface area contributed by atoms with Gasteiger partial charge in [-0.2, -0.15) is 0 Å². The van der Waals surface area contributed by atoms with Crippen molar-refractivity contribution in [1.29, 1.82) is 0 Å². The van der Waals surface area contributed by atoms with Crippen molar-refractivity contribution in [3.8, 4) is 0 Å². The van der Waals surface area contributed by atoms with E-state index in [4.69, 9.17) is 23.4 Å². The molecule has 1 saturated heterocycles. The van der Waals surface area contributed by atoms with E-state index in [0.717, 1.165) is 18.9 Å². The fraction of sp³-hybridized carbons (Fsp3) is 0.810. The molecule has 0 aromatic heterocycles. The molecule has 0 saturated carbocycles. The van der Waals surface area contributed by atoms with Crippen molar-refractivity contribution in [1.82, 2.24) is 0 Å². The number of methoxy groups -OCH3 is 2. The van der Waals surface area contributed by atoms with Crippen molar-refractivity contribution in [2.24, 2.45) is 0 Å². The molecule has 0 bridgehead atoms. The Morgan fingerprint density at radius 1 is 1.14 bits per heavy atom. The molecule has 3 atom stereocenters. The fourth-order valence-electron chi connectivity index (χ4n) is 2.99. The second kappa shape index (κ2) is 9.72. The van der Waals surface area contributed by atoms with Crippen LogP contribution in [-0.4, -0.2) is 58.6 Å². The molecule has 0 aromatic rings. The molecular weight excluding hydrogens is 392 g/mol. The summed E-state index contributed by atoms with van der Waals surface area (Å²) in [7, 11) is 0.394. The molecule has 0 aromatic carbocycles. The van der Waals surface area contributed by atoms with Gasteiger partial charge < -0.3 is 23.4 Å². The SMILES string of the molecule is CCC[C@H](O[Si](C)(C)C(C)(C)C)[C@@H]1OC(C)(C)O[C@H]1/C(=C/C(=O)OC)C(=O)OC. The second-order valence-electron chi connectivity index (χ2n) is 9.34. The number of rotatable bonds is 8. The minimum absolute atomic E-state index is 0.0104. The minimum Gasteiger partial charge on any atom is -0.466 e. The average molecular weight is 431 g/mol. The Bertz CT molecular complexity index is 619. The maximum Gasteiger partial charge on any atom is 0.336 e. The summed E-state index contributed by atoms with van der Waals surface area (Å²) in [6.07, 6.45) is 1.06. The Kier molecular flexibility index (Phi) is 8.65. The van der Waals surface area contributed by atoms with Gasteiger partial charge >= 0.3 is 11.9 Å². The lowest BCUT2D eigenvalue weighted by Gasteiger charge is -2.41. The smallest absolute Gasteiger partial charge is 0.336 e. The molecule has 168 valence electrons. The molecule has 1 heterocycles. The molecule has 0 spiro atoms. The largest absolute Gasteiger partial charge is 0.466 e. The third-order valence-electron chi connectivity index (χ3n) is 5.52. The van der Waals surface area contributed by atoms with Gasteiger partial charge in [0, 0.05) is 6.08 Å². The molecule has 29 heavy (non-hydrogen) atoms. The van der Waals surface area contributed by atoms with Gasteiger partial charge in [-0.05, 0) is 38.4 Å². The molecule has 0 amide bonds. The van der Waals surface area contributed by atoms with Gasteiger partial charge in [0.25, 0.3) is 0 Å². The van der Waals surface area contributed by atoms with Crippen LogP contribution in [0.15, 0.2) is 11.6 Å². The van der Waals surface area contributed by atoms with Gasteiger partial charge in [-0.25, -0.2) is 9.59 Å². The molecular formula is C21H38O7Si. The van der Waals surface area contributed by atoms with Gasteiger partial charge in [0.1, 0.15) is 12.2 Å². The van der Waals surface area contributed by atoms with Crippen LogP contribution < -0.4 is 0 Å². The van der Waals surface area contributed by atoms with E-state index < -0.39 is 38.3 Å². The van der Waals surface area contributed by atoms with Crippen LogP contribution in [0.2, 0.25) is 18.1 Å². The number of carbonyl (C=O) groups excluding carboxylic acids is 2. The monoisotopic (exact) mass is 430 g/mol. The average Bonchev–Trinajstić information content (AvgIpc) is 2.92. The van der Waals surface area contributed by atoms with Gasteiger partial charge in [-0.15, -0.1) is 0 Å². The Balaban J connectivity index is 3.38. The maximum absolute atomic E-state index is 12.5. The summed E-state index contributed by atoms with van der Waals surface area (Å²) in [5.74, 6) is -2.26. The predicted molar refractivity (Wildman–Crippen MR) is 113 cm³/mol. The summed E-state index contributed by atoms with van der Waals surface area (Å²) in [5.41, 5.74) is 0.0647. The third-order valence-corrected chi connectivity index (χ3v) is 10.0. The number of carbonyl (C=O) groups is 2. The lowest BCUT2D eigenvalue weighted by atomic mass is 9.97. The van der Waals surface area contributed by atoms with Crippen LogP contribution in [0.25, 0.3) is 0 Å². The summed E-state index contributed by atoms with van der Waals surface area (Å²) >= 11 is 0. The van der Waals surface area contributed by atoms with Crippen molar-refractivity contribution in [2.45, 2.75) is 96.6 Å². The van der Waals surface area contributed by atoms with E-state index >= 15 is 0 Å². The first-order valence-electron chi connectivity index (χ1n) is 10.1.